The van der Waals surface area contributed by atoms with Gasteiger partial charge in [0.2, 0.25) is 11.8 Å². The molecular formula is C23H21N3O2S. The van der Waals surface area contributed by atoms with Crippen LogP contribution in [0.1, 0.15) is 24.9 Å². The maximum absolute atomic E-state index is 12.5. The van der Waals surface area contributed by atoms with Gasteiger partial charge in [0.25, 0.3) is 0 Å². The van der Waals surface area contributed by atoms with Gasteiger partial charge in [0.05, 0.1) is 6.04 Å². The summed E-state index contributed by atoms with van der Waals surface area (Å²) in [7, 11) is 0. The van der Waals surface area contributed by atoms with Gasteiger partial charge in [0, 0.05) is 12.1 Å². The zero-order valence-corrected chi connectivity index (χ0v) is 16.8. The molecule has 0 aliphatic carbocycles. The molecule has 0 aromatic heterocycles. The average Bonchev–Trinajstić information content (AvgIpc) is 3.07. The molecule has 1 aliphatic heterocycles. The minimum atomic E-state index is -0.475. The van der Waals surface area contributed by atoms with Gasteiger partial charge in [-0.3, -0.25) is 14.6 Å². The summed E-state index contributed by atoms with van der Waals surface area (Å²) >= 11 is 1.31. The van der Waals surface area contributed by atoms with Crippen LogP contribution in [0.5, 0.6) is 0 Å². The molecule has 6 heteroatoms. The number of benzene rings is 3. The van der Waals surface area contributed by atoms with Crippen LogP contribution in [0.3, 0.4) is 0 Å². The highest BCUT2D eigenvalue weighted by Crippen LogP contribution is 2.26. The first kappa shape index (κ1) is 19.2. The normalized spacial score (nSPS) is 18.6. The molecule has 4 rings (SSSR count). The molecule has 1 fully saturated rings. The van der Waals surface area contributed by atoms with Crippen molar-refractivity contribution < 1.29 is 9.59 Å². The average molecular weight is 404 g/mol. The smallest absolute Gasteiger partial charge is 0.240 e. The number of nitrogens with zero attached hydrogens (tertiary/aromatic N) is 1. The van der Waals surface area contributed by atoms with E-state index in [9.17, 15) is 9.59 Å². The summed E-state index contributed by atoms with van der Waals surface area (Å²) in [6, 6.07) is 23.6. The van der Waals surface area contributed by atoms with Gasteiger partial charge >= 0.3 is 0 Å². The van der Waals surface area contributed by atoms with Gasteiger partial charge < -0.3 is 10.6 Å². The van der Waals surface area contributed by atoms with Crippen LogP contribution < -0.4 is 10.6 Å². The van der Waals surface area contributed by atoms with E-state index in [1.54, 1.807) is 0 Å². The molecule has 2 amide bonds. The third-order valence-corrected chi connectivity index (χ3v) is 5.87. The molecule has 5 nitrogen and oxygen atoms in total. The highest BCUT2D eigenvalue weighted by atomic mass is 32.2. The number of hydrogen-bond donors (Lipinski definition) is 2. The zero-order valence-electron chi connectivity index (χ0n) is 16.0. The van der Waals surface area contributed by atoms with Crippen LogP contribution in [0.2, 0.25) is 0 Å². The largest absolute Gasteiger partial charge is 0.326 e. The van der Waals surface area contributed by atoms with Crippen molar-refractivity contribution >= 4 is 45.2 Å². The van der Waals surface area contributed by atoms with Crippen molar-refractivity contribution in [3.05, 3.63) is 78.4 Å². The van der Waals surface area contributed by atoms with Crippen LogP contribution >= 0.6 is 11.8 Å². The number of anilines is 1. The molecular weight excluding hydrogens is 382 g/mol. The fourth-order valence-electron chi connectivity index (χ4n) is 3.23. The third-order valence-electron chi connectivity index (χ3n) is 4.77. The molecule has 2 N–H and O–H groups in total. The molecule has 29 heavy (non-hydrogen) atoms. The van der Waals surface area contributed by atoms with Crippen molar-refractivity contribution in [3.63, 3.8) is 0 Å². The van der Waals surface area contributed by atoms with Crippen LogP contribution in [-0.2, 0) is 9.59 Å². The summed E-state index contributed by atoms with van der Waals surface area (Å²) in [5.41, 5.74) is 1.80. The van der Waals surface area contributed by atoms with Gasteiger partial charge in [-0.2, -0.15) is 0 Å². The number of thioether (sulfide) groups is 1. The van der Waals surface area contributed by atoms with E-state index >= 15 is 0 Å². The van der Waals surface area contributed by atoms with Gasteiger partial charge in [-0.1, -0.05) is 72.4 Å². The number of aliphatic imine (C=N–C) groups is 1. The highest BCUT2D eigenvalue weighted by molar-refractivity contribution is 8.15. The molecule has 146 valence electrons. The fraction of sp³-hybridized carbons (Fsp3) is 0.174. The van der Waals surface area contributed by atoms with Crippen molar-refractivity contribution in [2.24, 2.45) is 4.99 Å². The van der Waals surface area contributed by atoms with E-state index < -0.39 is 5.25 Å². The molecule has 1 aliphatic rings. The van der Waals surface area contributed by atoms with Crippen molar-refractivity contribution in [2.45, 2.75) is 24.6 Å². The maximum Gasteiger partial charge on any atom is 0.240 e. The Labute approximate surface area is 173 Å². The van der Waals surface area contributed by atoms with Crippen LogP contribution in [0.15, 0.2) is 77.8 Å². The Kier molecular flexibility index (Phi) is 5.62. The fourth-order valence-corrected chi connectivity index (χ4v) is 4.28. The Balaban J connectivity index is 1.38. The molecule has 3 aromatic rings. The first-order valence-electron chi connectivity index (χ1n) is 9.47. The summed E-state index contributed by atoms with van der Waals surface area (Å²) in [5, 5.41) is 7.95. The van der Waals surface area contributed by atoms with Crippen LogP contribution in [0.25, 0.3) is 10.8 Å². The van der Waals surface area contributed by atoms with E-state index in [2.05, 4.69) is 15.6 Å². The number of carbonyl (C=O) groups excluding carboxylic acids is 2. The number of amidine groups is 1. The molecule has 3 aromatic carbocycles. The number of hydrogen-bond acceptors (Lipinski definition) is 4. The van der Waals surface area contributed by atoms with Crippen LogP contribution in [0, 0.1) is 0 Å². The monoisotopic (exact) mass is 403 g/mol. The molecule has 1 heterocycles. The van der Waals surface area contributed by atoms with E-state index in [1.807, 2.05) is 79.7 Å². The lowest BCUT2D eigenvalue weighted by Crippen LogP contribution is -2.28. The van der Waals surface area contributed by atoms with Gasteiger partial charge in [0.1, 0.15) is 5.25 Å². The van der Waals surface area contributed by atoms with Gasteiger partial charge in [-0.25, -0.2) is 0 Å². The minimum absolute atomic E-state index is 0.0656. The predicted molar refractivity (Wildman–Crippen MR) is 119 cm³/mol. The molecule has 0 bridgehead atoms. The maximum atomic E-state index is 12.5. The molecule has 0 saturated carbocycles. The Hall–Kier alpha value is -3.12. The second-order valence-corrected chi connectivity index (χ2v) is 8.12. The zero-order chi connectivity index (χ0) is 20.2. The summed E-state index contributed by atoms with van der Waals surface area (Å²) in [6.07, 6.45) is 0.0993. The first-order valence-corrected chi connectivity index (χ1v) is 10.4. The number of rotatable bonds is 5. The topological polar surface area (TPSA) is 70.6 Å². The highest BCUT2D eigenvalue weighted by Gasteiger charge is 2.32. The summed E-state index contributed by atoms with van der Waals surface area (Å²) < 4.78 is 0. The number of amides is 2. The molecule has 0 spiro atoms. The number of nitrogens with one attached hydrogen (secondary N) is 2. The van der Waals surface area contributed by atoms with Gasteiger partial charge in [-0.05, 0) is 35.4 Å². The van der Waals surface area contributed by atoms with Crippen LogP contribution in [0.4, 0.5) is 5.69 Å². The standard InChI is InChI=1S/C23H21N3O2S/c1-15(16-7-3-2-4-8-16)24-23-26-22(28)20(29-23)14-21(27)25-19-12-11-17-9-5-6-10-18(17)13-19/h2-13,15,20H,14H2,1H3,(H,25,27)(H,24,26,28)/t15-,20-/m1/s1. The van der Waals surface area contributed by atoms with E-state index in [0.717, 1.165) is 22.0 Å². The van der Waals surface area contributed by atoms with Crippen molar-refractivity contribution in [2.75, 3.05) is 5.32 Å². The molecule has 1 saturated heterocycles. The van der Waals surface area contributed by atoms with Crippen molar-refractivity contribution in [1.29, 1.82) is 0 Å². The second-order valence-electron chi connectivity index (χ2n) is 6.93. The van der Waals surface area contributed by atoms with E-state index in [1.165, 1.54) is 11.8 Å². The molecule has 0 unspecified atom stereocenters. The van der Waals surface area contributed by atoms with Gasteiger partial charge in [0.15, 0.2) is 5.17 Å². The van der Waals surface area contributed by atoms with Gasteiger partial charge in [-0.15, -0.1) is 0 Å². The van der Waals surface area contributed by atoms with Crippen LogP contribution in [-0.4, -0.2) is 22.2 Å². The Morgan fingerprint density at radius 2 is 1.79 bits per heavy atom. The second kappa shape index (κ2) is 8.49. The predicted octanol–water partition coefficient (Wildman–Crippen LogP) is 4.52. The number of fused-ring (bicyclic) bond motifs is 1. The Bertz CT molecular complexity index is 1080. The van der Waals surface area contributed by atoms with E-state index in [4.69, 9.17) is 0 Å². The van der Waals surface area contributed by atoms with Crippen molar-refractivity contribution in [1.82, 2.24) is 5.32 Å². The molecule has 2 atom stereocenters. The number of carbonyl (C=O) groups is 2. The summed E-state index contributed by atoms with van der Waals surface area (Å²) in [6.45, 7) is 1.98. The quantitative estimate of drug-likeness (QED) is 0.658. The molecule has 0 radical (unpaired) electrons. The first-order chi connectivity index (χ1) is 14.1. The summed E-state index contributed by atoms with van der Waals surface area (Å²) in [5.74, 6) is -0.368. The lowest BCUT2D eigenvalue weighted by molar-refractivity contribution is -0.122. The summed E-state index contributed by atoms with van der Waals surface area (Å²) in [4.78, 5) is 29.3. The van der Waals surface area contributed by atoms with E-state index in [0.29, 0.717) is 5.17 Å². The lowest BCUT2D eigenvalue weighted by Gasteiger charge is -2.09. The Morgan fingerprint density at radius 1 is 1.07 bits per heavy atom. The van der Waals surface area contributed by atoms with E-state index in [-0.39, 0.29) is 24.3 Å². The minimum Gasteiger partial charge on any atom is -0.326 e. The Morgan fingerprint density at radius 3 is 2.59 bits per heavy atom. The third kappa shape index (κ3) is 4.66. The van der Waals surface area contributed by atoms with Crippen molar-refractivity contribution in [3.8, 4) is 0 Å². The SMILES string of the molecule is C[C@@H](N=C1NC(=O)[C@@H](CC(=O)Nc2ccc3ccccc3c2)S1)c1ccccc1. The lowest BCUT2D eigenvalue weighted by atomic mass is 10.1.